The minimum atomic E-state index is -1.08. The maximum Gasteiger partial charge on any atom is 0.340 e. The first-order chi connectivity index (χ1) is 8.49. The molecule has 0 bridgehead atoms. The third kappa shape index (κ3) is 3.27. The largest absolute Gasteiger partial charge is 0.478 e. The number of likely N-dealkylation sites (N-methyl/N-ethyl adjacent to an activating group) is 1. The first-order valence-corrected chi connectivity index (χ1v) is 6.30. The van der Waals surface area contributed by atoms with Crippen LogP contribution in [0.2, 0.25) is 0 Å². The summed E-state index contributed by atoms with van der Waals surface area (Å²) >= 11 is 0.999. The lowest BCUT2D eigenvalue weighted by atomic mass is 10.2. The molecule has 0 radical (unpaired) electrons. The van der Waals surface area contributed by atoms with Gasteiger partial charge in [0.2, 0.25) is 0 Å². The quantitative estimate of drug-likeness (QED) is 0.794. The molecule has 100 valence electrons. The maximum absolute atomic E-state index is 11.8. The number of hydrogen-bond acceptors (Lipinski definition) is 5. The highest BCUT2D eigenvalue weighted by atomic mass is 32.1. The topological polar surface area (TPSA) is 79.7 Å². The molecule has 0 saturated carbocycles. The second-order valence-electron chi connectivity index (χ2n) is 3.76. The standard InChI is InChI=1S/C11H16N2O4S/c1-4-5-17-6-8(14)13(3)10-9(11(15)16)7(2)12-18-10/h4-6H2,1-3H3,(H,15,16). The summed E-state index contributed by atoms with van der Waals surface area (Å²) in [6.45, 7) is 4.01. The Morgan fingerprint density at radius 1 is 1.50 bits per heavy atom. The Bertz CT molecular complexity index is 444. The Morgan fingerprint density at radius 2 is 2.17 bits per heavy atom. The predicted octanol–water partition coefficient (Wildman–Crippen LogP) is 1.54. The lowest BCUT2D eigenvalue weighted by molar-refractivity contribution is -0.122. The van der Waals surface area contributed by atoms with Gasteiger partial charge in [-0.25, -0.2) is 4.79 Å². The summed E-state index contributed by atoms with van der Waals surface area (Å²) < 4.78 is 9.10. The first-order valence-electron chi connectivity index (χ1n) is 5.52. The van der Waals surface area contributed by atoms with E-state index in [2.05, 4.69) is 4.37 Å². The van der Waals surface area contributed by atoms with Gasteiger partial charge in [0, 0.05) is 13.7 Å². The zero-order chi connectivity index (χ0) is 13.7. The molecule has 0 aromatic carbocycles. The van der Waals surface area contributed by atoms with Crippen LogP contribution >= 0.6 is 11.5 Å². The molecule has 7 heteroatoms. The molecule has 1 heterocycles. The van der Waals surface area contributed by atoms with Crippen LogP contribution in [0, 0.1) is 6.92 Å². The highest BCUT2D eigenvalue weighted by Crippen LogP contribution is 2.27. The highest BCUT2D eigenvalue weighted by Gasteiger charge is 2.23. The summed E-state index contributed by atoms with van der Waals surface area (Å²) in [5.74, 6) is -1.36. The van der Waals surface area contributed by atoms with Crippen molar-refractivity contribution in [2.45, 2.75) is 20.3 Å². The third-order valence-corrected chi connectivity index (χ3v) is 3.33. The minimum Gasteiger partial charge on any atom is -0.478 e. The van der Waals surface area contributed by atoms with Crippen LogP contribution in [-0.2, 0) is 9.53 Å². The summed E-state index contributed by atoms with van der Waals surface area (Å²) in [7, 11) is 1.52. The fourth-order valence-electron chi connectivity index (χ4n) is 1.35. The Hall–Kier alpha value is -1.47. The average molecular weight is 272 g/mol. The summed E-state index contributed by atoms with van der Waals surface area (Å²) in [4.78, 5) is 24.2. The van der Waals surface area contributed by atoms with E-state index >= 15 is 0 Å². The van der Waals surface area contributed by atoms with Gasteiger partial charge in [0.25, 0.3) is 5.91 Å². The number of carbonyl (C=O) groups is 2. The number of anilines is 1. The van der Waals surface area contributed by atoms with E-state index in [1.54, 1.807) is 6.92 Å². The molecule has 6 nitrogen and oxygen atoms in total. The van der Waals surface area contributed by atoms with Gasteiger partial charge in [0.1, 0.15) is 17.2 Å². The molecular formula is C11H16N2O4S. The number of carbonyl (C=O) groups excluding carboxylic acids is 1. The Balaban J connectivity index is 2.80. The van der Waals surface area contributed by atoms with Crippen LogP contribution < -0.4 is 4.90 Å². The molecule has 0 fully saturated rings. The first kappa shape index (κ1) is 14.6. The van der Waals surface area contributed by atoms with Crippen LogP contribution in [-0.4, -0.2) is 41.6 Å². The summed E-state index contributed by atoms with van der Waals surface area (Å²) in [6, 6.07) is 0. The number of aromatic carboxylic acids is 1. The van der Waals surface area contributed by atoms with E-state index in [0.29, 0.717) is 17.3 Å². The number of aromatic nitrogens is 1. The van der Waals surface area contributed by atoms with Gasteiger partial charge in [-0.15, -0.1) is 0 Å². The van der Waals surface area contributed by atoms with E-state index in [1.165, 1.54) is 11.9 Å². The number of ether oxygens (including phenoxy) is 1. The molecule has 0 aliphatic rings. The second-order valence-corrected chi connectivity index (χ2v) is 4.51. The molecule has 1 N–H and O–H groups in total. The summed E-state index contributed by atoms with van der Waals surface area (Å²) in [5.41, 5.74) is 0.489. The van der Waals surface area contributed by atoms with Gasteiger partial charge in [0.15, 0.2) is 0 Å². The van der Waals surface area contributed by atoms with Crippen molar-refractivity contribution in [3.63, 3.8) is 0 Å². The lowest BCUT2D eigenvalue weighted by Crippen LogP contribution is -2.30. The van der Waals surface area contributed by atoms with Crippen molar-refractivity contribution in [3.8, 4) is 0 Å². The predicted molar refractivity (Wildman–Crippen MR) is 68.3 cm³/mol. The van der Waals surface area contributed by atoms with Crippen LogP contribution in [0.15, 0.2) is 0 Å². The Kier molecular flexibility index (Phi) is 5.24. The van der Waals surface area contributed by atoms with Crippen molar-refractivity contribution in [2.24, 2.45) is 0 Å². The van der Waals surface area contributed by atoms with Crippen molar-refractivity contribution in [1.29, 1.82) is 0 Å². The molecule has 1 rings (SSSR count). The van der Waals surface area contributed by atoms with Gasteiger partial charge in [0.05, 0.1) is 5.69 Å². The molecule has 0 aliphatic heterocycles. The van der Waals surface area contributed by atoms with Gasteiger partial charge in [-0.3, -0.25) is 4.79 Å². The van der Waals surface area contributed by atoms with E-state index in [0.717, 1.165) is 18.0 Å². The fraction of sp³-hybridized carbons (Fsp3) is 0.545. The zero-order valence-corrected chi connectivity index (χ0v) is 11.4. The van der Waals surface area contributed by atoms with E-state index < -0.39 is 5.97 Å². The van der Waals surface area contributed by atoms with Gasteiger partial charge in [-0.05, 0) is 24.9 Å². The van der Waals surface area contributed by atoms with E-state index in [1.807, 2.05) is 6.92 Å². The van der Waals surface area contributed by atoms with Gasteiger partial charge < -0.3 is 14.7 Å². The molecule has 0 saturated heterocycles. The number of rotatable bonds is 6. The van der Waals surface area contributed by atoms with Crippen LogP contribution in [0.1, 0.15) is 29.4 Å². The zero-order valence-electron chi connectivity index (χ0n) is 10.6. The van der Waals surface area contributed by atoms with Crippen LogP contribution in [0.25, 0.3) is 0 Å². The molecule has 0 atom stereocenters. The maximum atomic E-state index is 11.8. The number of nitrogens with zero attached hydrogens (tertiary/aromatic N) is 2. The molecule has 0 aliphatic carbocycles. The van der Waals surface area contributed by atoms with Crippen molar-refractivity contribution >= 4 is 28.4 Å². The molecule has 1 aromatic rings. The van der Waals surface area contributed by atoms with E-state index in [-0.39, 0.29) is 18.1 Å². The van der Waals surface area contributed by atoms with Gasteiger partial charge in [-0.2, -0.15) is 4.37 Å². The van der Waals surface area contributed by atoms with Gasteiger partial charge >= 0.3 is 5.97 Å². The number of carboxylic acid groups (broad SMARTS) is 1. The second kappa shape index (κ2) is 6.46. The third-order valence-electron chi connectivity index (χ3n) is 2.31. The van der Waals surface area contributed by atoms with Crippen molar-refractivity contribution in [1.82, 2.24) is 4.37 Å². The van der Waals surface area contributed by atoms with Crippen molar-refractivity contribution in [2.75, 3.05) is 25.2 Å². The minimum absolute atomic E-state index is 0.0552. The van der Waals surface area contributed by atoms with Crippen LogP contribution in [0.5, 0.6) is 0 Å². The molecular weight excluding hydrogens is 256 g/mol. The Morgan fingerprint density at radius 3 is 2.72 bits per heavy atom. The molecule has 1 aromatic heterocycles. The average Bonchev–Trinajstić information content (AvgIpc) is 2.70. The highest BCUT2D eigenvalue weighted by molar-refractivity contribution is 7.11. The molecule has 18 heavy (non-hydrogen) atoms. The van der Waals surface area contributed by atoms with E-state index in [4.69, 9.17) is 9.84 Å². The normalized spacial score (nSPS) is 10.4. The van der Waals surface area contributed by atoms with Crippen molar-refractivity contribution in [3.05, 3.63) is 11.3 Å². The molecule has 1 amide bonds. The monoisotopic (exact) mass is 272 g/mol. The SMILES string of the molecule is CCCOCC(=O)N(C)c1snc(C)c1C(=O)O. The molecule has 0 spiro atoms. The number of aryl methyl sites for hydroxylation is 1. The lowest BCUT2D eigenvalue weighted by Gasteiger charge is -2.15. The van der Waals surface area contributed by atoms with E-state index in [9.17, 15) is 9.59 Å². The number of hydrogen-bond donors (Lipinski definition) is 1. The van der Waals surface area contributed by atoms with Crippen LogP contribution in [0.4, 0.5) is 5.00 Å². The number of amides is 1. The number of carboxylic acids is 1. The van der Waals surface area contributed by atoms with Crippen LogP contribution in [0.3, 0.4) is 0 Å². The summed E-state index contributed by atoms with van der Waals surface area (Å²) in [6.07, 6.45) is 0.830. The van der Waals surface area contributed by atoms with Gasteiger partial charge in [-0.1, -0.05) is 6.92 Å². The molecule has 0 unspecified atom stereocenters. The summed E-state index contributed by atoms with van der Waals surface area (Å²) in [5, 5.41) is 9.42. The Labute approximate surface area is 109 Å². The smallest absolute Gasteiger partial charge is 0.340 e. The van der Waals surface area contributed by atoms with Crippen molar-refractivity contribution < 1.29 is 19.4 Å². The fourth-order valence-corrected chi connectivity index (χ4v) is 2.21.